The average Bonchev–Trinajstić information content (AvgIpc) is 2.32. The Balaban J connectivity index is 2.91. The summed E-state index contributed by atoms with van der Waals surface area (Å²) >= 11 is 5.51. The van der Waals surface area contributed by atoms with Crippen molar-refractivity contribution in [2.24, 2.45) is 0 Å². The fraction of sp³-hybridized carbons (Fsp3) is 0.333. The molecule has 1 rings (SSSR count). The zero-order valence-electron chi connectivity index (χ0n) is 9.55. The molecule has 5 heteroatoms. The highest BCUT2D eigenvalue weighted by Crippen LogP contribution is 2.16. The van der Waals surface area contributed by atoms with Gasteiger partial charge in [-0.05, 0) is 31.5 Å². The molecule has 0 saturated heterocycles. The van der Waals surface area contributed by atoms with Crippen LogP contribution in [-0.2, 0) is 0 Å². The minimum Gasteiger partial charge on any atom is -0.334 e. The van der Waals surface area contributed by atoms with Crippen molar-refractivity contribution in [2.45, 2.75) is 25.8 Å². The van der Waals surface area contributed by atoms with Gasteiger partial charge in [-0.3, -0.25) is 4.79 Å². The summed E-state index contributed by atoms with van der Waals surface area (Å²) < 4.78 is 13.2. The third-order valence-electron chi connectivity index (χ3n) is 2.53. The Kier molecular flexibility index (Phi) is 4.08. The second kappa shape index (κ2) is 5.15. The lowest BCUT2D eigenvalue weighted by Crippen LogP contribution is -2.44. The third kappa shape index (κ3) is 3.18. The number of carbonyl (C=O) groups excluding carboxylic acids is 1. The molecule has 0 aliphatic rings. The summed E-state index contributed by atoms with van der Waals surface area (Å²) in [6.07, 6.45) is 0.464. The Hall–Kier alpha value is -1.60. The molecule has 90 valence electrons. The highest BCUT2D eigenvalue weighted by atomic mass is 35.5. The first-order chi connectivity index (χ1) is 7.91. The van der Waals surface area contributed by atoms with Gasteiger partial charge in [-0.15, -0.1) is 0 Å². The Labute approximate surface area is 104 Å². The minimum absolute atomic E-state index is 0.0416. The topological polar surface area (TPSA) is 52.9 Å². The van der Waals surface area contributed by atoms with Gasteiger partial charge in [0.1, 0.15) is 11.4 Å². The van der Waals surface area contributed by atoms with Gasteiger partial charge in [0.25, 0.3) is 5.91 Å². The lowest BCUT2D eigenvalue weighted by molar-refractivity contribution is 0.0922. The maximum Gasteiger partial charge on any atom is 0.252 e. The number of hydrogen-bond acceptors (Lipinski definition) is 2. The zero-order valence-corrected chi connectivity index (χ0v) is 10.3. The fourth-order valence-corrected chi connectivity index (χ4v) is 1.27. The van der Waals surface area contributed by atoms with Crippen LogP contribution >= 0.6 is 11.6 Å². The normalized spacial score (nSPS) is 13.6. The number of halogens is 2. The van der Waals surface area contributed by atoms with E-state index in [4.69, 9.17) is 16.9 Å². The Morgan fingerprint density at radius 2 is 2.29 bits per heavy atom. The molecule has 3 nitrogen and oxygen atoms in total. The van der Waals surface area contributed by atoms with Crippen LogP contribution in [0.1, 0.15) is 30.6 Å². The van der Waals surface area contributed by atoms with E-state index in [0.29, 0.717) is 6.42 Å². The van der Waals surface area contributed by atoms with Gasteiger partial charge in [0.2, 0.25) is 0 Å². The number of nitriles is 1. The van der Waals surface area contributed by atoms with Gasteiger partial charge in [-0.2, -0.15) is 5.26 Å². The molecule has 0 saturated carbocycles. The van der Waals surface area contributed by atoms with Crippen molar-refractivity contribution in [3.05, 3.63) is 34.6 Å². The van der Waals surface area contributed by atoms with Crippen molar-refractivity contribution in [2.75, 3.05) is 0 Å². The van der Waals surface area contributed by atoms with Crippen LogP contribution in [0.15, 0.2) is 18.2 Å². The van der Waals surface area contributed by atoms with E-state index in [1.807, 2.05) is 6.07 Å². The second-order valence-corrected chi connectivity index (χ2v) is 4.29. The van der Waals surface area contributed by atoms with Crippen molar-refractivity contribution in [1.29, 1.82) is 5.26 Å². The molecule has 0 fully saturated rings. The van der Waals surface area contributed by atoms with E-state index in [2.05, 4.69) is 5.32 Å². The summed E-state index contributed by atoms with van der Waals surface area (Å²) in [5.41, 5.74) is -0.811. The lowest BCUT2D eigenvalue weighted by atomic mass is 10.0. The summed E-state index contributed by atoms with van der Waals surface area (Å²) in [4.78, 5) is 11.8. The van der Waals surface area contributed by atoms with E-state index in [0.717, 1.165) is 6.07 Å². The quantitative estimate of drug-likeness (QED) is 0.902. The van der Waals surface area contributed by atoms with Gasteiger partial charge in [0.15, 0.2) is 0 Å². The van der Waals surface area contributed by atoms with Gasteiger partial charge in [0.05, 0.1) is 11.1 Å². The highest BCUT2D eigenvalue weighted by molar-refractivity contribution is 6.30. The second-order valence-electron chi connectivity index (χ2n) is 3.88. The van der Waals surface area contributed by atoms with E-state index in [1.54, 1.807) is 13.8 Å². The molecule has 1 amide bonds. The first kappa shape index (κ1) is 13.5. The van der Waals surface area contributed by atoms with E-state index < -0.39 is 17.3 Å². The molecule has 1 aromatic rings. The van der Waals surface area contributed by atoms with Gasteiger partial charge in [-0.25, -0.2) is 4.39 Å². The van der Waals surface area contributed by atoms with Crippen molar-refractivity contribution in [1.82, 2.24) is 5.32 Å². The monoisotopic (exact) mass is 254 g/mol. The van der Waals surface area contributed by atoms with E-state index in [-0.39, 0.29) is 10.6 Å². The molecule has 0 aliphatic carbocycles. The van der Waals surface area contributed by atoms with Crippen LogP contribution < -0.4 is 5.32 Å². The fourth-order valence-electron chi connectivity index (χ4n) is 1.16. The van der Waals surface area contributed by atoms with Crippen molar-refractivity contribution in [3.63, 3.8) is 0 Å². The van der Waals surface area contributed by atoms with Crippen molar-refractivity contribution in [3.8, 4) is 6.07 Å². The van der Waals surface area contributed by atoms with E-state index in [9.17, 15) is 9.18 Å². The first-order valence-electron chi connectivity index (χ1n) is 5.10. The molecular weight excluding hydrogens is 243 g/mol. The molecule has 0 spiro atoms. The number of benzene rings is 1. The van der Waals surface area contributed by atoms with Crippen LogP contribution in [-0.4, -0.2) is 11.4 Å². The molecule has 1 unspecified atom stereocenters. The summed E-state index contributed by atoms with van der Waals surface area (Å²) in [7, 11) is 0. The SMILES string of the molecule is CCC(C)(C#N)NC(=O)c1ccc(Cl)c(F)c1. The van der Waals surface area contributed by atoms with Gasteiger partial charge in [-0.1, -0.05) is 18.5 Å². The molecule has 17 heavy (non-hydrogen) atoms. The summed E-state index contributed by atoms with van der Waals surface area (Å²) in [5, 5.41) is 11.4. The van der Waals surface area contributed by atoms with Crippen molar-refractivity contribution < 1.29 is 9.18 Å². The highest BCUT2D eigenvalue weighted by Gasteiger charge is 2.24. The van der Waals surface area contributed by atoms with E-state index >= 15 is 0 Å². The van der Waals surface area contributed by atoms with Gasteiger partial charge < -0.3 is 5.32 Å². The maximum absolute atomic E-state index is 13.2. The lowest BCUT2D eigenvalue weighted by Gasteiger charge is -2.21. The van der Waals surface area contributed by atoms with Crippen LogP contribution in [0.25, 0.3) is 0 Å². The molecule has 0 bridgehead atoms. The molecule has 0 aromatic heterocycles. The molecule has 1 aromatic carbocycles. The van der Waals surface area contributed by atoms with Crippen molar-refractivity contribution >= 4 is 17.5 Å². The molecule has 1 N–H and O–H groups in total. The molecule has 0 radical (unpaired) electrons. The van der Waals surface area contributed by atoms with E-state index in [1.165, 1.54) is 12.1 Å². The van der Waals surface area contributed by atoms with Crippen LogP contribution in [0.2, 0.25) is 5.02 Å². The maximum atomic E-state index is 13.2. The number of rotatable bonds is 3. The van der Waals surface area contributed by atoms with Crippen LogP contribution in [0.3, 0.4) is 0 Å². The third-order valence-corrected chi connectivity index (χ3v) is 2.83. The minimum atomic E-state index is -0.951. The summed E-state index contributed by atoms with van der Waals surface area (Å²) in [6, 6.07) is 5.77. The largest absolute Gasteiger partial charge is 0.334 e. The zero-order chi connectivity index (χ0) is 13.1. The molecule has 0 aliphatic heterocycles. The Bertz CT molecular complexity index is 484. The number of carbonyl (C=O) groups is 1. The summed E-state index contributed by atoms with van der Waals surface area (Å²) in [5.74, 6) is -1.15. The molecule has 1 atom stereocenters. The number of nitrogens with one attached hydrogen (secondary N) is 1. The van der Waals surface area contributed by atoms with Gasteiger partial charge >= 0.3 is 0 Å². The van der Waals surface area contributed by atoms with Gasteiger partial charge in [0, 0.05) is 5.56 Å². The Morgan fingerprint density at radius 3 is 2.76 bits per heavy atom. The molecular formula is C12H12ClFN2O. The standard InChI is InChI=1S/C12H12ClFN2O/c1-3-12(2,7-15)16-11(17)8-4-5-9(13)10(14)6-8/h4-6H,3H2,1-2H3,(H,16,17). The smallest absolute Gasteiger partial charge is 0.252 e. The molecule has 0 heterocycles. The van der Waals surface area contributed by atoms with Crippen LogP contribution in [0.4, 0.5) is 4.39 Å². The first-order valence-corrected chi connectivity index (χ1v) is 5.48. The number of hydrogen-bond donors (Lipinski definition) is 1. The Morgan fingerprint density at radius 1 is 1.65 bits per heavy atom. The predicted molar refractivity (Wildman–Crippen MR) is 63.2 cm³/mol. The predicted octanol–water partition coefficient (Wildman–Crippen LogP) is 2.90. The number of amides is 1. The van der Waals surface area contributed by atoms with Crippen LogP contribution in [0.5, 0.6) is 0 Å². The average molecular weight is 255 g/mol. The number of nitrogens with zero attached hydrogens (tertiary/aromatic N) is 1. The summed E-state index contributed by atoms with van der Waals surface area (Å²) in [6.45, 7) is 3.39. The van der Waals surface area contributed by atoms with Crippen LogP contribution in [0, 0.1) is 17.1 Å².